The van der Waals surface area contributed by atoms with E-state index in [4.69, 9.17) is 0 Å². The lowest BCUT2D eigenvalue weighted by Gasteiger charge is -2.22. The van der Waals surface area contributed by atoms with E-state index in [2.05, 4.69) is 26.2 Å². The molecule has 25 heavy (non-hydrogen) atoms. The topological polar surface area (TPSA) is 65.8 Å². The van der Waals surface area contributed by atoms with Crippen molar-refractivity contribution < 1.29 is 4.79 Å². The summed E-state index contributed by atoms with van der Waals surface area (Å²) in [5.41, 5.74) is 1.75. The monoisotopic (exact) mass is 415 g/mol. The van der Waals surface area contributed by atoms with Crippen LogP contribution in [0.3, 0.4) is 0 Å². The number of hydrogen-bond donors (Lipinski definition) is 1. The van der Waals surface area contributed by atoms with E-state index < -0.39 is 0 Å². The second kappa shape index (κ2) is 8.41. The smallest absolute Gasteiger partial charge is 0.262 e. The Morgan fingerprint density at radius 3 is 2.88 bits per heavy atom. The van der Waals surface area contributed by atoms with E-state index in [1.165, 1.54) is 17.8 Å². The summed E-state index contributed by atoms with van der Waals surface area (Å²) in [6.07, 6.45) is 7.06. The number of amides is 1. The molecule has 2 aromatic rings. The Morgan fingerprint density at radius 2 is 2.16 bits per heavy atom. The molecule has 1 heterocycles. The zero-order valence-corrected chi connectivity index (χ0v) is 16.1. The standard InChI is InChI=1S/C19H18BrN3OS/c20-15-6-4-5-13(9-15)19-23-17(12-25-19)10-14(11-21)18(24)22-16-7-2-1-3-8-16/h4-6,9-10,12,16H,1-3,7-8H2,(H,22,24)/b14-10+. The predicted molar refractivity (Wildman–Crippen MR) is 104 cm³/mol. The average Bonchev–Trinajstić information content (AvgIpc) is 3.09. The van der Waals surface area contributed by atoms with E-state index in [0.29, 0.717) is 5.69 Å². The molecular formula is C19H18BrN3OS. The summed E-state index contributed by atoms with van der Waals surface area (Å²) in [4.78, 5) is 16.9. The van der Waals surface area contributed by atoms with Gasteiger partial charge in [-0.05, 0) is 31.1 Å². The van der Waals surface area contributed by atoms with Crippen molar-refractivity contribution in [1.82, 2.24) is 10.3 Å². The Bertz CT molecular complexity index is 831. The normalized spacial score (nSPS) is 15.6. The lowest BCUT2D eigenvalue weighted by molar-refractivity contribution is -0.117. The van der Waals surface area contributed by atoms with Gasteiger partial charge in [0.15, 0.2) is 0 Å². The highest BCUT2D eigenvalue weighted by Gasteiger charge is 2.18. The van der Waals surface area contributed by atoms with Crippen LogP contribution in [-0.2, 0) is 4.79 Å². The van der Waals surface area contributed by atoms with Gasteiger partial charge < -0.3 is 5.32 Å². The molecule has 0 spiro atoms. The molecule has 1 aliphatic rings. The second-order valence-corrected chi connectivity index (χ2v) is 7.84. The Morgan fingerprint density at radius 1 is 1.36 bits per heavy atom. The number of halogens is 1. The number of nitrogens with one attached hydrogen (secondary N) is 1. The van der Waals surface area contributed by atoms with Gasteiger partial charge in [-0.3, -0.25) is 4.79 Å². The lowest BCUT2D eigenvalue weighted by Crippen LogP contribution is -2.36. The van der Waals surface area contributed by atoms with Crippen LogP contribution in [0.1, 0.15) is 37.8 Å². The quantitative estimate of drug-likeness (QED) is 0.568. The van der Waals surface area contributed by atoms with Gasteiger partial charge in [0.2, 0.25) is 0 Å². The van der Waals surface area contributed by atoms with Crippen molar-refractivity contribution in [2.75, 3.05) is 0 Å². The molecule has 1 fully saturated rings. The number of thiazole rings is 1. The Labute approximate surface area is 159 Å². The fraction of sp³-hybridized carbons (Fsp3) is 0.316. The number of aromatic nitrogens is 1. The first-order valence-corrected chi connectivity index (χ1v) is 9.97. The molecule has 0 radical (unpaired) electrons. The highest BCUT2D eigenvalue weighted by Crippen LogP contribution is 2.27. The highest BCUT2D eigenvalue weighted by atomic mass is 79.9. The average molecular weight is 416 g/mol. The van der Waals surface area contributed by atoms with Crippen LogP contribution in [0, 0.1) is 11.3 Å². The van der Waals surface area contributed by atoms with Gasteiger partial charge in [0.05, 0.1) is 5.69 Å². The molecule has 128 valence electrons. The molecule has 4 nitrogen and oxygen atoms in total. The van der Waals surface area contributed by atoms with Crippen LogP contribution < -0.4 is 5.32 Å². The first kappa shape index (κ1) is 17.8. The highest BCUT2D eigenvalue weighted by molar-refractivity contribution is 9.10. The summed E-state index contributed by atoms with van der Waals surface area (Å²) < 4.78 is 0.988. The number of nitriles is 1. The van der Waals surface area contributed by atoms with Crippen LogP contribution in [-0.4, -0.2) is 16.9 Å². The van der Waals surface area contributed by atoms with Crippen molar-refractivity contribution in [3.05, 3.63) is 45.4 Å². The Balaban J connectivity index is 1.74. The summed E-state index contributed by atoms with van der Waals surface area (Å²) in [7, 11) is 0. The minimum atomic E-state index is -0.300. The third kappa shape index (κ3) is 4.77. The van der Waals surface area contributed by atoms with Gasteiger partial charge >= 0.3 is 0 Å². The molecule has 3 rings (SSSR count). The van der Waals surface area contributed by atoms with E-state index in [-0.39, 0.29) is 17.5 Å². The van der Waals surface area contributed by atoms with Gasteiger partial charge in [0.1, 0.15) is 16.6 Å². The van der Waals surface area contributed by atoms with Gasteiger partial charge in [-0.15, -0.1) is 11.3 Å². The fourth-order valence-corrected chi connectivity index (χ4v) is 4.09. The first-order valence-electron chi connectivity index (χ1n) is 8.30. The van der Waals surface area contributed by atoms with Crippen LogP contribution in [0.15, 0.2) is 39.7 Å². The molecule has 6 heteroatoms. The molecule has 1 aromatic heterocycles. The number of hydrogen-bond acceptors (Lipinski definition) is 4. The van der Waals surface area contributed by atoms with Crippen molar-refractivity contribution >= 4 is 39.2 Å². The molecule has 0 atom stereocenters. The van der Waals surface area contributed by atoms with Crippen molar-refractivity contribution in [1.29, 1.82) is 5.26 Å². The van der Waals surface area contributed by atoms with Crippen LogP contribution in [0.2, 0.25) is 0 Å². The molecule has 0 unspecified atom stereocenters. The molecule has 1 amide bonds. The van der Waals surface area contributed by atoms with Crippen LogP contribution in [0.5, 0.6) is 0 Å². The van der Waals surface area contributed by atoms with Gasteiger partial charge in [0.25, 0.3) is 5.91 Å². The lowest BCUT2D eigenvalue weighted by atomic mass is 9.95. The minimum absolute atomic E-state index is 0.108. The van der Waals surface area contributed by atoms with Crippen LogP contribution in [0.25, 0.3) is 16.6 Å². The number of carbonyl (C=O) groups is 1. The SMILES string of the molecule is N#C/C(=C\c1csc(-c2cccc(Br)c2)n1)C(=O)NC1CCCCC1. The molecule has 1 N–H and O–H groups in total. The predicted octanol–water partition coefficient (Wildman–Crippen LogP) is 4.93. The van der Waals surface area contributed by atoms with E-state index in [0.717, 1.165) is 40.7 Å². The third-order valence-corrected chi connectivity index (χ3v) is 5.59. The van der Waals surface area contributed by atoms with E-state index in [9.17, 15) is 10.1 Å². The molecular weight excluding hydrogens is 398 g/mol. The number of rotatable bonds is 4. The van der Waals surface area contributed by atoms with Crippen molar-refractivity contribution in [2.24, 2.45) is 0 Å². The van der Waals surface area contributed by atoms with E-state index >= 15 is 0 Å². The maximum atomic E-state index is 12.3. The van der Waals surface area contributed by atoms with Crippen molar-refractivity contribution in [3.63, 3.8) is 0 Å². The Hall–Kier alpha value is -1.97. The fourth-order valence-electron chi connectivity index (χ4n) is 2.91. The van der Waals surface area contributed by atoms with Crippen molar-refractivity contribution in [3.8, 4) is 16.6 Å². The van der Waals surface area contributed by atoms with Crippen LogP contribution >= 0.6 is 27.3 Å². The summed E-state index contributed by atoms with van der Waals surface area (Å²) in [6, 6.07) is 10.1. The minimum Gasteiger partial charge on any atom is -0.349 e. The molecule has 0 aliphatic heterocycles. The summed E-state index contributed by atoms with van der Waals surface area (Å²) in [5, 5.41) is 15.0. The summed E-state index contributed by atoms with van der Waals surface area (Å²) >= 11 is 4.95. The van der Waals surface area contributed by atoms with E-state index in [1.807, 2.05) is 35.7 Å². The second-order valence-electron chi connectivity index (χ2n) is 6.07. The summed E-state index contributed by atoms with van der Waals surface area (Å²) in [6.45, 7) is 0. The number of carbonyl (C=O) groups excluding carboxylic acids is 1. The van der Waals surface area contributed by atoms with Gasteiger partial charge in [-0.2, -0.15) is 5.26 Å². The zero-order valence-electron chi connectivity index (χ0n) is 13.7. The largest absolute Gasteiger partial charge is 0.349 e. The van der Waals surface area contributed by atoms with Crippen molar-refractivity contribution in [2.45, 2.75) is 38.1 Å². The number of nitrogens with zero attached hydrogens (tertiary/aromatic N) is 2. The molecule has 0 bridgehead atoms. The molecule has 1 aliphatic carbocycles. The maximum Gasteiger partial charge on any atom is 0.262 e. The third-order valence-electron chi connectivity index (χ3n) is 4.19. The first-order chi connectivity index (χ1) is 12.2. The van der Waals surface area contributed by atoms with Gasteiger partial charge in [0, 0.05) is 21.5 Å². The molecule has 1 saturated carbocycles. The van der Waals surface area contributed by atoms with Crippen LogP contribution in [0.4, 0.5) is 0 Å². The summed E-state index contributed by atoms with van der Waals surface area (Å²) in [5.74, 6) is -0.300. The van der Waals surface area contributed by atoms with E-state index in [1.54, 1.807) is 6.08 Å². The Kier molecular flexibility index (Phi) is 6.00. The van der Waals surface area contributed by atoms with Gasteiger partial charge in [-0.25, -0.2) is 4.98 Å². The zero-order chi connectivity index (χ0) is 17.6. The molecule has 1 aromatic carbocycles. The van der Waals surface area contributed by atoms with Gasteiger partial charge in [-0.1, -0.05) is 47.3 Å². The molecule has 0 saturated heterocycles. The number of benzene rings is 1. The maximum absolute atomic E-state index is 12.3.